The smallest absolute Gasteiger partial charge is 0.204 e. The molecule has 0 aromatic carbocycles. The predicted molar refractivity (Wildman–Crippen MR) is 58.2 cm³/mol. The molecule has 0 radical (unpaired) electrons. The lowest BCUT2D eigenvalue weighted by Crippen LogP contribution is -2.59. The van der Waals surface area contributed by atoms with E-state index < -0.39 is 15.7 Å². The van der Waals surface area contributed by atoms with Gasteiger partial charge in [-0.25, -0.2) is 0 Å². The first-order chi connectivity index (χ1) is 5.37. The van der Waals surface area contributed by atoms with Crippen LogP contribution in [0.2, 0.25) is 26.2 Å². The van der Waals surface area contributed by atoms with Crippen LogP contribution >= 0.6 is 0 Å². The molecule has 0 saturated carbocycles. The van der Waals surface area contributed by atoms with Crippen molar-refractivity contribution in [2.24, 2.45) is 0 Å². The monoisotopic (exact) mass is 206 g/mol. The van der Waals surface area contributed by atoms with Crippen molar-refractivity contribution in [2.75, 3.05) is 13.2 Å². The molecule has 0 aliphatic heterocycles. The van der Waals surface area contributed by atoms with Crippen molar-refractivity contribution in [1.29, 1.82) is 0 Å². The Labute approximate surface area is 78.3 Å². The molecule has 0 atom stereocenters. The topological polar surface area (TPSA) is 18.5 Å². The quantitative estimate of drug-likeness (QED) is 0.644. The summed E-state index contributed by atoms with van der Waals surface area (Å²) in [5.41, 5.74) is 0. The third-order valence-corrected chi connectivity index (χ3v) is 16.9. The summed E-state index contributed by atoms with van der Waals surface area (Å²) >= 11 is 0. The van der Waals surface area contributed by atoms with E-state index in [0.29, 0.717) is 0 Å². The summed E-state index contributed by atoms with van der Waals surface area (Å²) in [6.07, 6.45) is 0. The Morgan fingerprint density at radius 2 is 1.00 bits per heavy atom. The SMILES string of the molecule is CCO[Si](C)(C)[Si](C)(C)OCC. The molecule has 0 heterocycles. The third-order valence-electron chi connectivity index (χ3n) is 2.46. The highest BCUT2D eigenvalue weighted by Gasteiger charge is 2.44. The van der Waals surface area contributed by atoms with E-state index in [1.807, 2.05) is 0 Å². The first-order valence-corrected chi connectivity index (χ1v) is 11.5. The van der Waals surface area contributed by atoms with Crippen molar-refractivity contribution < 1.29 is 8.85 Å². The van der Waals surface area contributed by atoms with Gasteiger partial charge in [-0.3, -0.25) is 0 Å². The molecule has 0 N–H and O–H groups in total. The van der Waals surface area contributed by atoms with Crippen molar-refractivity contribution in [3.8, 4) is 0 Å². The average molecular weight is 206 g/mol. The minimum Gasteiger partial charge on any atom is -0.417 e. The maximum Gasteiger partial charge on any atom is 0.204 e. The molecule has 0 unspecified atom stereocenters. The van der Waals surface area contributed by atoms with Crippen LogP contribution in [0.5, 0.6) is 0 Å². The first kappa shape index (κ1) is 12.4. The summed E-state index contributed by atoms with van der Waals surface area (Å²) in [6.45, 7) is 14.8. The van der Waals surface area contributed by atoms with Crippen molar-refractivity contribution in [2.45, 2.75) is 40.0 Å². The Morgan fingerprint density at radius 1 is 0.750 bits per heavy atom. The van der Waals surface area contributed by atoms with Gasteiger partial charge in [0.15, 0.2) is 0 Å². The second-order valence-electron chi connectivity index (χ2n) is 3.89. The molecular formula is C8H22O2Si2. The highest BCUT2D eigenvalue weighted by atomic mass is 29.3. The second-order valence-corrected chi connectivity index (χ2v) is 17.7. The van der Waals surface area contributed by atoms with E-state index in [2.05, 4.69) is 40.0 Å². The largest absolute Gasteiger partial charge is 0.417 e. The highest BCUT2D eigenvalue weighted by Crippen LogP contribution is 2.21. The molecule has 0 saturated heterocycles. The molecule has 0 fully saturated rings. The zero-order valence-electron chi connectivity index (χ0n) is 9.23. The zero-order valence-corrected chi connectivity index (χ0v) is 11.2. The van der Waals surface area contributed by atoms with Crippen molar-refractivity contribution in [3.05, 3.63) is 0 Å². The van der Waals surface area contributed by atoms with E-state index >= 15 is 0 Å². The maximum atomic E-state index is 5.82. The molecule has 0 bridgehead atoms. The number of rotatable bonds is 5. The fraction of sp³-hybridized carbons (Fsp3) is 1.00. The van der Waals surface area contributed by atoms with E-state index in [1.165, 1.54) is 0 Å². The molecule has 4 heteroatoms. The summed E-state index contributed by atoms with van der Waals surface area (Å²) in [4.78, 5) is 0. The Balaban J connectivity index is 4.28. The van der Waals surface area contributed by atoms with Gasteiger partial charge in [0.25, 0.3) is 0 Å². The van der Waals surface area contributed by atoms with Crippen LogP contribution in [0.3, 0.4) is 0 Å². The van der Waals surface area contributed by atoms with E-state index in [4.69, 9.17) is 8.85 Å². The minimum absolute atomic E-state index is 0.822. The number of hydrogen-bond acceptors (Lipinski definition) is 2. The molecule has 2 nitrogen and oxygen atoms in total. The third kappa shape index (κ3) is 3.01. The van der Waals surface area contributed by atoms with E-state index in [0.717, 1.165) is 13.2 Å². The summed E-state index contributed by atoms with van der Waals surface area (Å²) in [5.74, 6) is 0. The van der Waals surface area contributed by atoms with Crippen LogP contribution in [-0.4, -0.2) is 28.9 Å². The van der Waals surface area contributed by atoms with E-state index in [9.17, 15) is 0 Å². The van der Waals surface area contributed by atoms with Gasteiger partial charge in [0, 0.05) is 13.2 Å². The van der Waals surface area contributed by atoms with Gasteiger partial charge in [0.1, 0.15) is 0 Å². The molecular weight excluding hydrogens is 184 g/mol. The van der Waals surface area contributed by atoms with Crippen molar-refractivity contribution >= 4 is 15.7 Å². The van der Waals surface area contributed by atoms with Crippen LogP contribution in [-0.2, 0) is 8.85 Å². The average Bonchev–Trinajstić information content (AvgIpc) is 1.86. The summed E-state index contributed by atoms with van der Waals surface area (Å²) in [5, 5.41) is 0. The van der Waals surface area contributed by atoms with Gasteiger partial charge in [0.2, 0.25) is 15.7 Å². The molecule has 12 heavy (non-hydrogen) atoms. The molecule has 0 aromatic heterocycles. The lowest BCUT2D eigenvalue weighted by Gasteiger charge is -2.36. The van der Waals surface area contributed by atoms with Gasteiger partial charge < -0.3 is 8.85 Å². The summed E-state index contributed by atoms with van der Waals surface area (Å²) < 4.78 is 11.6. The summed E-state index contributed by atoms with van der Waals surface area (Å²) in [7, 11) is -3.07. The molecule has 0 aliphatic carbocycles. The summed E-state index contributed by atoms with van der Waals surface area (Å²) in [6, 6.07) is 0. The van der Waals surface area contributed by atoms with Crippen LogP contribution in [0.1, 0.15) is 13.8 Å². The predicted octanol–water partition coefficient (Wildman–Crippen LogP) is 2.55. The van der Waals surface area contributed by atoms with Crippen LogP contribution in [0, 0.1) is 0 Å². The molecule has 74 valence electrons. The van der Waals surface area contributed by atoms with Crippen LogP contribution in [0.25, 0.3) is 0 Å². The number of hydrogen-bond donors (Lipinski definition) is 0. The van der Waals surface area contributed by atoms with Crippen LogP contribution in [0.4, 0.5) is 0 Å². The fourth-order valence-electron chi connectivity index (χ4n) is 1.07. The van der Waals surface area contributed by atoms with Gasteiger partial charge in [-0.1, -0.05) is 0 Å². The standard InChI is InChI=1S/C8H22O2Si2/c1-7-9-11(3,4)12(5,6)10-8-2/h7-8H2,1-6H3. The van der Waals surface area contributed by atoms with Gasteiger partial charge >= 0.3 is 0 Å². The zero-order chi connectivity index (χ0) is 9.83. The normalized spacial score (nSPS) is 13.5. The van der Waals surface area contributed by atoms with Gasteiger partial charge in [-0.2, -0.15) is 0 Å². The van der Waals surface area contributed by atoms with E-state index in [-0.39, 0.29) is 0 Å². The molecule has 0 rings (SSSR count). The molecule has 0 aliphatic rings. The van der Waals surface area contributed by atoms with Gasteiger partial charge in [-0.05, 0) is 40.0 Å². The first-order valence-electron chi connectivity index (χ1n) is 4.65. The fourth-order valence-corrected chi connectivity index (χ4v) is 6.16. The van der Waals surface area contributed by atoms with Gasteiger partial charge in [0.05, 0.1) is 0 Å². The Bertz CT molecular complexity index is 119. The van der Waals surface area contributed by atoms with Gasteiger partial charge in [-0.15, -0.1) is 0 Å². The Hall–Kier alpha value is 0.354. The maximum absolute atomic E-state index is 5.82. The van der Waals surface area contributed by atoms with Crippen molar-refractivity contribution in [1.82, 2.24) is 0 Å². The Morgan fingerprint density at radius 3 is 1.17 bits per heavy atom. The lowest BCUT2D eigenvalue weighted by atomic mass is 10.9. The second kappa shape index (κ2) is 4.55. The van der Waals surface area contributed by atoms with Crippen molar-refractivity contribution in [3.63, 3.8) is 0 Å². The van der Waals surface area contributed by atoms with Crippen LogP contribution in [0.15, 0.2) is 0 Å². The minimum atomic E-state index is -1.54. The Kier molecular flexibility index (Phi) is 4.69. The molecule has 0 aromatic rings. The highest BCUT2D eigenvalue weighted by molar-refractivity contribution is 7.35. The lowest BCUT2D eigenvalue weighted by molar-refractivity contribution is 0.306. The molecule has 0 spiro atoms. The van der Waals surface area contributed by atoms with Crippen LogP contribution < -0.4 is 0 Å². The van der Waals surface area contributed by atoms with E-state index in [1.54, 1.807) is 0 Å². The molecule has 0 amide bonds.